The molecule has 0 bridgehead atoms. The van der Waals surface area contributed by atoms with Crippen LogP contribution in [0.25, 0.3) is 0 Å². The van der Waals surface area contributed by atoms with Crippen LogP contribution in [0.15, 0.2) is 30.3 Å². The van der Waals surface area contributed by atoms with Gasteiger partial charge in [-0.15, -0.1) is 0 Å². The Labute approximate surface area is 144 Å². The lowest BCUT2D eigenvalue weighted by Gasteiger charge is -2.33. The lowest BCUT2D eigenvalue weighted by atomic mass is 9.78. The van der Waals surface area contributed by atoms with E-state index in [1.165, 1.54) is 27.8 Å². The Morgan fingerprint density at radius 2 is 1.83 bits per heavy atom. The van der Waals surface area contributed by atoms with E-state index >= 15 is 0 Å². The van der Waals surface area contributed by atoms with Crippen molar-refractivity contribution in [2.45, 2.75) is 45.6 Å². The Morgan fingerprint density at radius 1 is 1.13 bits per heavy atom. The number of ether oxygens (including phenoxy) is 1. The zero-order chi connectivity index (χ0) is 16.8. The highest BCUT2D eigenvalue weighted by molar-refractivity contribution is 6.37. The zero-order valence-electron chi connectivity index (χ0n) is 14.3. The lowest BCUT2D eigenvalue weighted by Crippen LogP contribution is -2.23. The van der Waals surface area contributed by atoms with Crippen LogP contribution in [0.4, 0.5) is 0 Å². The van der Waals surface area contributed by atoms with E-state index in [1.807, 2.05) is 12.1 Å². The van der Waals surface area contributed by atoms with Gasteiger partial charge in [-0.3, -0.25) is 0 Å². The van der Waals surface area contributed by atoms with Crippen molar-refractivity contribution in [2.75, 3.05) is 0 Å². The van der Waals surface area contributed by atoms with Crippen LogP contribution in [-0.2, 0) is 9.53 Å². The van der Waals surface area contributed by atoms with Gasteiger partial charge in [0.1, 0.15) is 11.5 Å². The first kappa shape index (κ1) is 16.5. The molecule has 1 unspecified atom stereocenters. The number of fused-ring (bicyclic) bond motifs is 2. The maximum atomic E-state index is 6.22. The maximum Gasteiger partial charge on any atom is 0.229 e. The molecular formula is C19H21O2Si2. The molecule has 0 saturated carbocycles. The van der Waals surface area contributed by atoms with E-state index in [9.17, 15) is 0 Å². The van der Waals surface area contributed by atoms with Gasteiger partial charge in [0, 0.05) is 16.7 Å². The molecule has 0 amide bonds. The summed E-state index contributed by atoms with van der Waals surface area (Å²) in [5.74, 6) is 1.90. The third-order valence-corrected chi connectivity index (χ3v) is 5.76. The fourth-order valence-electron chi connectivity index (χ4n) is 3.83. The molecule has 3 rings (SSSR count). The van der Waals surface area contributed by atoms with E-state index < -0.39 is 0 Å². The molecule has 0 fully saturated rings. The predicted molar refractivity (Wildman–Crippen MR) is 95.6 cm³/mol. The Hall–Kier alpha value is -1.37. The van der Waals surface area contributed by atoms with Gasteiger partial charge in [-0.1, -0.05) is 39.0 Å². The van der Waals surface area contributed by atoms with Crippen LogP contribution < -0.4 is 4.74 Å². The number of hydrogen-bond acceptors (Lipinski definition) is 2. The second-order valence-corrected chi connectivity index (χ2v) is 8.78. The molecule has 5 radical (unpaired) electrons. The fourth-order valence-corrected chi connectivity index (χ4v) is 5.14. The van der Waals surface area contributed by atoms with Crippen LogP contribution in [0.5, 0.6) is 11.5 Å². The standard InChI is InChI=1S/C19H21O2Si2/c1-11-10-15-16(12(2)17(11)19(3,4)5)18(23-21-22)13-8-6-7-9-14(13)20-15/h6-10,18H,1-5H3. The number of para-hydroxylation sites is 1. The minimum atomic E-state index is 0.0998. The quantitative estimate of drug-likeness (QED) is 0.750. The van der Waals surface area contributed by atoms with Gasteiger partial charge >= 0.3 is 0 Å². The summed E-state index contributed by atoms with van der Waals surface area (Å²) < 4.78 is 11.6. The molecule has 0 spiro atoms. The highest BCUT2D eigenvalue weighted by Gasteiger charge is 2.33. The fraction of sp³-hybridized carbons (Fsp3) is 0.368. The van der Waals surface area contributed by atoms with Crippen LogP contribution in [0.2, 0.25) is 0 Å². The Bertz CT molecular complexity index is 748. The molecule has 0 N–H and O–H groups in total. The van der Waals surface area contributed by atoms with E-state index in [-0.39, 0.29) is 11.0 Å². The Morgan fingerprint density at radius 3 is 2.48 bits per heavy atom. The highest BCUT2D eigenvalue weighted by Crippen LogP contribution is 2.48. The van der Waals surface area contributed by atoms with Crippen molar-refractivity contribution in [1.29, 1.82) is 0 Å². The molecule has 117 valence electrons. The molecule has 2 nitrogen and oxygen atoms in total. The summed E-state index contributed by atoms with van der Waals surface area (Å²) in [6.45, 7) is 11.2. The van der Waals surface area contributed by atoms with Crippen molar-refractivity contribution in [3.05, 3.63) is 58.1 Å². The smallest absolute Gasteiger partial charge is 0.229 e. The highest BCUT2D eigenvalue weighted by atomic mass is 28.3. The topological polar surface area (TPSA) is 18.5 Å². The molecule has 1 heterocycles. The Balaban J connectivity index is 2.26. The van der Waals surface area contributed by atoms with Crippen molar-refractivity contribution in [1.82, 2.24) is 0 Å². The molecule has 0 aromatic heterocycles. The van der Waals surface area contributed by atoms with Gasteiger partial charge in [0.15, 0.2) is 0 Å². The van der Waals surface area contributed by atoms with Gasteiger partial charge < -0.3 is 8.85 Å². The van der Waals surface area contributed by atoms with E-state index in [1.54, 1.807) is 0 Å². The maximum absolute atomic E-state index is 6.22. The summed E-state index contributed by atoms with van der Waals surface area (Å²) in [6.07, 6.45) is 0. The van der Waals surface area contributed by atoms with Crippen molar-refractivity contribution >= 4 is 20.2 Å². The number of aryl methyl sites for hydroxylation is 1. The van der Waals surface area contributed by atoms with Gasteiger partial charge in [-0.2, -0.15) is 0 Å². The molecule has 2 aromatic carbocycles. The Kier molecular flexibility index (Phi) is 4.25. The normalized spacial score (nSPS) is 16.5. The van der Waals surface area contributed by atoms with Gasteiger partial charge in [-0.25, -0.2) is 0 Å². The van der Waals surface area contributed by atoms with Crippen LogP contribution in [0.3, 0.4) is 0 Å². The van der Waals surface area contributed by atoms with Crippen molar-refractivity contribution in [3.63, 3.8) is 0 Å². The van der Waals surface area contributed by atoms with Gasteiger partial charge in [0.05, 0.1) is 0 Å². The summed E-state index contributed by atoms with van der Waals surface area (Å²) in [5, 5.41) is 0. The van der Waals surface area contributed by atoms with Crippen LogP contribution in [0.1, 0.15) is 54.1 Å². The first-order valence-corrected chi connectivity index (χ1v) is 9.23. The van der Waals surface area contributed by atoms with Crippen molar-refractivity contribution < 1.29 is 8.85 Å². The molecule has 1 atom stereocenters. The molecular weight excluding hydrogens is 316 g/mol. The average Bonchev–Trinajstić information content (AvgIpc) is 2.45. The molecule has 23 heavy (non-hydrogen) atoms. The van der Waals surface area contributed by atoms with Gasteiger partial charge in [0.2, 0.25) is 20.2 Å². The largest absolute Gasteiger partial charge is 0.457 e. The molecule has 1 aliphatic rings. The van der Waals surface area contributed by atoms with Crippen LogP contribution >= 0.6 is 0 Å². The number of benzene rings is 2. The first-order chi connectivity index (χ1) is 10.8. The van der Waals surface area contributed by atoms with Gasteiger partial charge in [-0.05, 0) is 48.1 Å². The SMILES string of the molecule is Cc1cc2c(c(C)c1C(C)(C)C)C([Si]O[Si])c1ccccc1O2. The van der Waals surface area contributed by atoms with E-state index in [0.717, 1.165) is 11.5 Å². The summed E-state index contributed by atoms with van der Waals surface area (Å²) in [6, 6.07) is 10.4. The molecule has 0 saturated heterocycles. The lowest BCUT2D eigenvalue weighted by molar-refractivity contribution is 0.451. The van der Waals surface area contributed by atoms with E-state index in [4.69, 9.17) is 8.85 Å². The van der Waals surface area contributed by atoms with Crippen molar-refractivity contribution in [3.8, 4) is 11.5 Å². The summed E-state index contributed by atoms with van der Waals surface area (Å²) >= 11 is 0. The van der Waals surface area contributed by atoms with Crippen LogP contribution in [-0.4, -0.2) is 20.2 Å². The second-order valence-electron chi connectivity index (χ2n) is 7.15. The monoisotopic (exact) mass is 337 g/mol. The van der Waals surface area contributed by atoms with Crippen LogP contribution in [0, 0.1) is 13.8 Å². The predicted octanol–water partition coefficient (Wildman–Crippen LogP) is 4.52. The first-order valence-electron chi connectivity index (χ1n) is 7.84. The molecule has 2 aromatic rings. The molecule has 1 aliphatic heterocycles. The number of rotatable bonds is 2. The minimum Gasteiger partial charge on any atom is -0.457 e. The van der Waals surface area contributed by atoms with Crippen molar-refractivity contribution in [2.24, 2.45) is 0 Å². The molecule has 4 heteroatoms. The summed E-state index contributed by atoms with van der Waals surface area (Å²) in [7, 11) is 3.51. The number of hydrogen-bond donors (Lipinski definition) is 0. The van der Waals surface area contributed by atoms with E-state index in [2.05, 4.69) is 63.3 Å². The second kappa shape index (κ2) is 5.93. The third-order valence-electron chi connectivity index (χ3n) is 4.45. The summed E-state index contributed by atoms with van der Waals surface area (Å²) in [5.41, 5.74) is 6.77. The van der Waals surface area contributed by atoms with E-state index in [0.29, 0.717) is 9.76 Å². The summed E-state index contributed by atoms with van der Waals surface area (Å²) in [4.78, 5) is 0. The minimum absolute atomic E-state index is 0.0998. The average molecular weight is 338 g/mol. The zero-order valence-corrected chi connectivity index (χ0v) is 16.3. The van der Waals surface area contributed by atoms with Gasteiger partial charge in [0.25, 0.3) is 0 Å². The third kappa shape index (κ3) is 2.79. The molecule has 0 aliphatic carbocycles.